The van der Waals surface area contributed by atoms with E-state index in [9.17, 15) is 19.5 Å². The Morgan fingerprint density at radius 1 is 1.17 bits per heavy atom. The summed E-state index contributed by atoms with van der Waals surface area (Å²) in [5.74, 6) is -0.406. The quantitative estimate of drug-likeness (QED) is 0.567. The van der Waals surface area contributed by atoms with Gasteiger partial charge in [-0.1, -0.05) is 38.1 Å². The maximum absolute atomic E-state index is 12.3. The number of ether oxygens (including phenoxy) is 1. The molecular formula is C27H36N4O5. The Hall–Kier alpha value is -3.62. The topological polar surface area (TPSA) is 112 Å². The van der Waals surface area contributed by atoms with Crippen LogP contribution in [0.15, 0.2) is 36.4 Å². The van der Waals surface area contributed by atoms with Crippen molar-refractivity contribution >= 4 is 40.8 Å². The van der Waals surface area contributed by atoms with E-state index < -0.39 is 23.1 Å². The zero-order valence-corrected chi connectivity index (χ0v) is 21.9. The number of carboxylic acids is 1. The molecule has 0 saturated carbocycles. The van der Waals surface area contributed by atoms with Gasteiger partial charge in [0.15, 0.2) is 0 Å². The highest BCUT2D eigenvalue weighted by Crippen LogP contribution is 2.35. The van der Waals surface area contributed by atoms with Crippen molar-refractivity contribution in [3.05, 3.63) is 42.0 Å². The summed E-state index contributed by atoms with van der Waals surface area (Å²) in [7, 11) is 1.68. The molecule has 1 fully saturated rings. The number of hydrogen-bond acceptors (Lipinski definition) is 6. The number of pyridine rings is 1. The van der Waals surface area contributed by atoms with Crippen LogP contribution in [0.5, 0.6) is 0 Å². The number of aliphatic carboxylic acids is 1. The van der Waals surface area contributed by atoms with Crippen LogP contribution in [0.2, 0.25) is 0 Å². The largest absolute Gasteiger partial charge is 0.481 e. The first-order valence-electron chi connectivity index (χ1n) is 12.2. The standard InChI is InChI=1S/C27H36N4O5/c1-18(2)23(32)31-15-13-27(14-16-31,24(33)34)12-11-19-7-8-20-9-10-22(28-21(20)17-19)30(6)29-25(35)36-26(3,4)5/h7-12,17-18H,13-16H2,1-6H3,(H,29,35)(H,33,34)/b12-11+. The molecule has 2 amide bonds. The van der Waals surface area contributed by atoms with E-state index in [0.29, 0.717) is 37.3 Å². The Kier molecular flexibility index (Phi) is 7.91. The highest BCUT2D eigenvalue weighted by molar-refractivity contribution is 5.84. The van der Waals surface area contributed by atoms with Crippen LogP contribution in [0.25, 0.3) is 17.0 Å². The van der Waals surface area contributed by atoms with Crippen LogP contribution >= 0.6 is 0 Å². The summed E-state index contributed by atoms with van der Waals surface area (Å²) in [6.07, 6.45) is 3.71. The number of hydrogen-bond donors (Lipinski definition) is 2. The normalized spacial score (nSPS) is 15.8. The van der Waals surface area contributed by atoms with Crippen molar-refractivity contribution in [3.63, 3.8) is 0 Å². The van der Waals surface area contributed by atoms with Crippen LogP contribution in [-0.2, 0) is 14.3 Å². The molecular weight excluding hydrogens is 460 g/mol. The van der Waals surface area contributed by atoms with Crippen molar-refractivity contribution in [2.75, 3.05) is 25.1 Å². The second-order valence-corrected chi connectivity index (χ2v) is 10.6. The van der Waals surface area contributed by atoms with Gasteiger partial charge in [0, 0.05) is 31.4 Å². The third-order valence-electron chi connectivity index (χ3n) is 6.18. The van der Waals surface area contributed by atoms with E-state index in [2.05, 4.69) is 10.4 Å². The Bertz CT molecular complexity index is 1160. The molecule has 1 aliphatic heterocycles. The molecule has 1 aromatic carbocycles. The number of nitrogens with one attached hydrogen (secondary N) is 1. The van der Waals surface area contributed by atoms with Gasteiger partial charge in [-0.2, -0.15) is 0 Å². The molecule has 194 valence electrons. The molecule has 36 heavy (non-hydrogen) atoms. The second kappa shape index (κ2) is 10.6. The molecule has 0 aliphatic carbocycles. The average Bonchev–Trinajstić information content (AvgIpc) is 2.80. The van der Waals surface area contributed by atoms with E-state index in [4.69, 9.17) is 4.74 Å². The van der Waals surface area contributed by atoms with Gasteiger partial charge in [-0.15, -0.1) is 0 Å². The number of piperidine rings is 1. The number of nitrogens with zero attached hydrogens (tertiary/aromatic N) is 3. The lowest BCUT2D eigenvalue weighted by Gasteiger charge is -2.37. The number of aromatic nitrogens is 1. The van der Waals surface area contributed by atoms with E-state index in [1.165, 1.54) is 5.01 Å². The first-order chi connectivity index (χ1) is 16.8. The molecule has 1 aliphatic rings. The van der Waals surface area contributed by atoms with Crippen LogP contribution in [0.3, 0.4) is 0 Å². The number of fused-ring (bicyclic) bond motifs is 1. The lowest BCUT2D eigenvalue weighted by atomic mass is 9.77. The highest BCUT2D eigenvalue weighted by atomic mass is 16.6. The van der Waals surface area contributed by atoms with Crippen LogP contribution in [0.1, 0.15) is 53.0 Å². The zero-order valence-electron chi connectivity index (χ0n) is 21.9. The molecule has 1 saturated heterocycles. The smallest absolute Gasteiger partial charge is 0.426 e. The number of amides is 2. The molecule has 3 rings (SSSR count). The molecule has 2 heterocycles. The maximum atomic E-state index is 12.3. The van der Waals surface area contributed by atoms with E-state index in [1.807, 2.05) is 44.2 Å². The van der Waals surface area contributed by atoms with Crippen LogP contribution in [0, 0.1) is 11.3 Å². The van der Waals surface area contributed by atoms with Crippen LogP contribution in [0.4, 0.5) is 10.6 Å². The van der Waals surface area contributed by atoms with E-state index >= 15 is 0 Å². The summed E-state index contributed by atoms with van der Waals surface area (Å²) < 4.78 is 5.29. The number of carboxylic acid groups (broad SMARTS) is 1. The first-order valence-corrected chi connectivity index (χ1v) is 12.2. The lowest BCUT2D eigenvalue weighted by Crippen LogP contribution is -2.46. The molecule has 2 aromatic rings. The monoisotopic (exact) mass is 496 g/mol. The van der Waals surface area contributed by atoms with Gasteiger partial charge in [0.1, 0.15) is 11.4 Å². The molecule has 0 unspecified atom stereocenters. The second-order valence-electron chi connectivity index (χ2n) is 10.6. The highest BCUT2D eigenvalue weighted by Gasteiger charge is 2.40. The maximum Gasteiger partial charge on any atom is 0.426 e. The van der Waals surface area contributed by atoms with Crippen LogP contribution in [-0.4, -0.2) is 58.7 Å². The van der Waals surface area contributed by atoms with Gasteiger partial charge in [-0.3, -0.25) is 14.6 Å². The van der Waals surface area contributed by atoms with Crippen molar-refractivity contribution in [3.8, 4) is 0 Å². The molecule has 2 N–H and O–H groups in total. The van der Waals surface area contributed by atoms with Gasteiger partial charge in [0.2, 0.25) is 5.91 Å². The van der Waals surface area contributed by atoms with Gasteiger partial charge >= 0.3 is 12.1 Å². The third-order valence-corrected chi connectivity index (χ3v) is 6.18. The first kappa shape index (κ1) is 27.0. The summed E-state index contributed by atoms with van der Waals surface area (Å²) in [6.45, 7) is 9.93. The SMILES string of the molecule is CC(C)C(=O)N1CCC(/C=C/c2ccc3ccc(N(C)NC(=O)OC(C)(C)C)nc3c2)(C(=O)O)CC1. The van der Waals surface area contributed by atoms with Crippen molar-refractivity contribution in [2.24, 2.45) is 11.3 Å². The minimum Gasteiger partial charge on any atom is -0.481 e. The van der Waals surface area contributed by atoms with E-state index in [1.54, 1.807) is 44.9 Å². The Morgan fingerprint density at radius 2 is 1.81 bits per heavy atom. The summed E-state index contributed by atoms with van der Waals surface area (Å²) >= 11 is 0. The molecule has 0 atom stereocenters. The summed E-state index contributed by atoms with van der Waals surface area (Å²) in [6, 6.07) is 9.41. The summed E-state index contributed by atoms with van der Waals surface area (Å²) in [4.78, 5) is 43.0. The Labute approximate surface area is 212 Å². The number of benzene rings is 1. The summed E-state index contributed by atoms with van der Waals surface area (Å²) in [5.41, 5.74) is 2.52. The van der Waals surface area contributed by atoms with E-state index in [-0.39, 0.29) is 11.8 Å². The minimum atomic E-state index is -1.02. The average molecular weight is 497 g/mol. The van der Waals surface area contributed by atoms with Gasteiger partial charge in [-0.25, -0.2) is 15.2 Å². The molecule has 1 aromatic heterocycles. The molecule has 0 bridgehead atoms. The van der Waals surface area contributed by atoms with Crippen LogP contribution < -0.4 is 10.4 Å². The number of rotatable bonds is 6. The number of carbonyl (C=O) groups is 3. The summed E-state index contributed by atoms with van der Waals surface area (Å²) in [5, 5.41) is 12.4. The Morgan fingerprint density at radius 3 is 2.39 bits per heavy atom. The number of anilines is 1. The van der Waals surface area contributed by atoms with Crippen molar-refractivity contribution < 1.29 is 24.2 Å². The minimum absolute atomic E-state index is 0.0560. The van der Waals surface area contributed by atoms with Gasteiger partial charge in [0.05, 0.1) is 10.9 Å². The predicted octanol–water partition coefficient (Wildman–Crippen LogP) is 4.47. The fourth-order valence-corrected chi connectivity index (χ4v) is 4.11. The molecule has 9 heteroatoms. The number of likely N-dealkylation sites (tertiary alicyclic amines) is 1. The Balaban J connectivity index is 1.77. The van der Waals surface area contributed by atoms with Crippen molar-refractivity contribution in [2.45, 2.75) is 53.1 Å². The molecule has 0 radical (unpaired) electrons. The van der Waals surface area contributed by atoms with E-state index in [0.717, 1.165) is 10.9 Å². The van der Waals surface area contributed by atoms with Crippen molar-refractivity contribution in [1.29, 1.82) is 0 Å². The third kappa shape index (κ3) is 6.53. The lowest BCUT2D eigenvalue weighted by molar-refractivity contribution is -0.151. The van der Waals surface area contributed by atoms with Gasteiger partial charge in [0.25, 0.3) is 0 Å². The zero-order chi connectivity index (χ0) is 26.7. The molecule has 0 spiro atoms. The van der Waals surface area contributed by atoms with Gasteiger partial charge in [-0.05, 0) is 57.4 Å². The van der Waals surface area contributed by atoms with Gasteiger partial charge < -0.3 is 14.7 Å². The fraction of sp³-hybridized carbons (Fsp3) is 0.481. The predicted molar refractivity (Wildman–Crippen MR) is 139 cm³/mol. The fourth-order valence-electron chi connectivity index (χ4n) is 4.11. The number of carbonyl (C=O) groups excluding carboxylic acids is 2. The van der Waals surface area contributed by atoms with Crippen molar-refractivity contribution in [1.82, 2.24) is 15.3 Å². The molecule has 9 nitrogen and oxygen atoms in total. The number of hydrazine groups is 1.